The van der Waals surface area contributed by atoms with Crippen LogP contribution in [0.4, 0.5) is 0 Å². The van der Waals surface area contributed by atoms with E-state index in [-0.39, 0.29) is 31.5 Å². The molecule has 1 aliphatic carbocycles. The van der Waals surface area contributed by atoms with Gasteiger partial charge in [-0.15, -0.1) is 0 Å². The molecule has 1 amide bonds. The van der Waals surface area contributed by atoms with Crippen LogP contribution >= 0.6 is 0 Å². The Morgan fingerprint density at radius 1 is 1.15 bits per heavy atom. The Bertz CT molecular complexity index is 304. The number of aliphatic carboxylic acids is 1. The fraction of sp³-hybridized carbons (Fsp3) is 0.857. The van der Waals surface area contributed by atoms with Gasteiger partial charge in [0.1, 0.15) is 0 Å². The number of carbonyl (C=O) groups is 2. The van der Waals surface area contributed by atoms with Gasteiger partial charge in [-0.3, -0.25) is 14.5 Å². The molecule has 0 bridgehead atoms. The number of amides is 1. The molecule has 6 nitrogen and oxygen atoms in total. The van der Waals surface area contributed by atoms with Gasteiger partial charge < -0.3 is 15.5 Å². The second-order valence-electron chi connectivity index (χ2n) is 5.40. The molecule has 0 aromatic heterocycles. The van der Waals surface area contributed by atoms with Crippen molar-refractivity contribution in [2.45, 2.75) is 51.0 Å². The molecule has 0 unspecified atom stereocenters. The van der Waals surface area contributed by atoms with Crippen LogP contribution < -0.4 is 5.32 Å². The molecule has 6 heteroatoms. The van der Waals surface area contributed by atoms with Gasteiger partial charge in [-0.05, 0) is 19.3 Å². The van der Waals surface area contributed by atoms with Crippen molar-refractivity contribution in [3.63, 3.8) is 0 Å². The fourth-order valence-corrected chi connectivity index (χ4v) is 2.54. The molecular weight excluding hydrogens is 260 g/mol. The molecule has 0 aromatic rings. The minimum Gasteiger partial charge on any atom is -0.481 e. The summed E-state index contributed by atoms with van der Waals surface area (Å²) in [6.45, 7) is 1.15. The van der Waals surface area contributed by atoms with Crippen molar-refractivity contribution in [1.82, 2.24) is 10.2 Å². The summed E-state index contributed by atoms with van der Waals surface area (Å²) >= 11 is 0. The van der Waals surface area contributed by atoms with Crippen LogP contribution in [0.3, 0.4) is 0 Å². The highest BCUT2D eigenvalue weighted by molar-refractivity contribution is 5.78. The molecule has 1 fully saturated rings. The van der Waals surface area contributed by atoms with Gasteiger partial charge in [0.05, 0.1) is 13.0 Å². The van der Waals surface area contributed by atoms with Gasteiger partial charge in [0, 0.05) is 25.7 Å². The molecule has 1 aliphatic rings. The first kappa shape index (κ1) is 16.9. The average Bonchev–Trinajstić information content (AvgIpc) is 2.42. The summed E-state index contributed by atoms with van der Waals surface area (Å²) in [4.78, 5) is 24.4. The third-order valence-electron chi connectivity index (χ3n) is 3.61. The first-order chi connectivity index (χ1) is 9.61. The molecule has 0 heterocycles. The van der Waals surface area contributed by atoms with Crippen molar-refractivity contribution >= 4 is 11.9 Å². The maximum atomic E-state index is 12.0. The first-order valence-corrected chi connectivity index (χ1v) is 7.46. The Hall–Kier alpha value is -1.14. The molecule has 0 aliphatic heterocycles. The molecule has 1 saturated carbocycles. The normalized spacial score (nSPS) is 16.3. The Balaban J connectivity index is 2.32. The highest BCUT2D eigenvalue weighted by Gasteiger charge is 2.17. The number of carboxylic acid groups (broad SMARTS) is 1. The highest BCUT2D eigenvalue weighted by Crippen LogP contribution is 2.17. The average molecular weight is 286 g/mol. The van der Waals surface area contributed by atoms with E-state index in [2.05, 4.69) is 5.32 Å². The molecule has 0 aromatic carbocycles. The Morgan fingerprint density at radius 3 is 2.45 bits per heavy atom. The van der Waals surface area contributed by atoms with Gasteiger partial charge in [0.2, 0.25) is 5.91 Å². The minimum absolute atomic E-state index is 0.0160. The van der Waals surface area contributed by atoms with E-state index in [1.54, 1.807) is 4.90 Å². The zero-order chi connectivity index (χ0) is 14.8. The summed E-state index contributed by atoms with van der Waals surface area (Å²) < 4.78 is 0. The number of nitrogens with one attached hydrogen (secondary N) is 1. The smallest absolute Gasteiger partial charge is 0.304 e. The van der Waals surface area contributed by atoms with Crippen molar-refractivity contribution in [2.75, 3.05) is 26.2 Å². The summed E-state index contributed by atoms with van der Waals surface area (Å²) in [6.07, 6.45) is 6.22. The van der Waals surface area contributed by atoms with Gasteiger partial charge in [-0.2, -0.15) is 0 Å². The predicted molar refractivity (Wildman–Crippen MR) is 75.4 cm³/mol. The van der Waals surface area contributed by atoms with Crippen LogP contribution in [0, 0.1) is 0 Å². The molecule has 0 atom stereocenters. The number of aliphatic hydroxyl groups excluding tert-OH is 1. The van der Waals surface area contributed by atoms with Gasteiger partial charge in [0.15, 0.2) is 0 Å². The standard InChI is InChI=1S/C14H26N2O4/c17-10-4-8-16(9-7-14(19)20)11-13(18)15-12-5-2-1-3-6-12/h12,17H,1-11H2,(H,15,18)(H,19,20). The second kappa shape index (κ2) is 9.72. The Kier molecular flexibility index (Phi) is 8.22. The summed E-state index contributed by atoms with van der Waals surface area (Å²) in [5, 5.41) is 20.6. The number of aliphatic hydroxyl groups is 1. The van der Waals surface area contributed by atoms with Gasteiger partial charge >= 0.3 is 5.97 Å². The maximum absolute atomic E-state index is 12.0. The van der Waals surface area contributed by atoms with Gasteiger partial charge in [0.25, 0.3) is 0 Å². The molecule has 3 N–H and O–H groups in total. The minimum atomic E-state index is -0.869. The van der Waals surface area contributed by atoms with Crippen LogP contribution in [0.15, 0.2) is 0 Å². The molecular formula is C14H26N2O4. The lowest BCUT2D eigenvalue weighted by molar-refractivity contribution is -0.137. The maximum Gasteiger partial charge on any atom is 0.304 e. The Labute approximate surface area is 120 Å². The quantitative estimate of drug-likeness (QED) is 0.577. The monoisotopic (exact) mass is 286 g/mol. The summed E-state index contributed by atoms with van der Waals surface area (Å²) in [6, 6.07) is 0.274. The predicted octanol–water partition coefficient (Wildman–Crippen LogP) is 0.594. The second-order valence-corrected chi connectivity index (χ2v) is 5.40. The molecule has 0 radical (unpaired) electrons. The first-order valence-electron chi connectivity index (χ1n) is 7.46. The van der Waals surface area contributed by atoms with Crippen LogP contribution in [0.5, 0.6) is 0 Å². The van der Waals surface area contributed by atoms with E-state index in [4.69, 9.17) is 10.2 Å². The van der Waals surface area contributed by atoms with E-state index < -0.39 is 5.97 Å². The molecule has 1 rings (SSSR count). The van der Waals surface area contributed by atoms with Crippen molar-refractivity contribution in [3.05, 3.63) is 0 Å². The van der Waals surface area contributed by atoms with Crippen LogP contribution in [0.1, 0.15) is 44.9 Å². The van der Waals surface area contributed by atoms with E-state index in [0.717, 1.165) is 25.7 Å². The van der Waals surface area contributed by atoms with Gasteiger partial charge in [-0.25, -0.2) is 0 Å². The van der Waals surface area contributed by atoms with Crippen molar-refractivity contribution in [3.8, 4) is 0 Å². The SMILES string of the molecule is O=C(O)CCN(CCCO)CC(=O)NC1CCCCC1. The van der Waals surface area contributed by atoms with E-state index in [1.165, 1.54) is 6.42 Å². The number of carbonyl (C=O) groups excluding carboxylic acids is 1. The number of rotatable bonds is 9. The summed E-state index contributed by atoms with van der Waals surface area (Å²) in [7, 11) is 0. The zero-order valence-electron chi connectivity index (χ0n) is 12.0. The topological polar surface area (TPSA) is 89.9 Å². The highest BCUT2D eigenvalue weighted by atomic mass is 16.4. The number of hydrogen-bond donors (Lipinski definition) is 3. The number of nitrogens with zero attached hydrogens (tertiary/aromatic N) is 1. The van der Waals surface area contributed by atoms with Gasteiger partial charge in [-0.1, -0.05) is 19.3 Å². The summed E-state index contributed by atoms with van der Waals surface area (Å²) in [5.74, 6) is -0.910. The van der Waals surface area contributed by atoms with Crippen LogP contribution in [-0.4, -0.2) is 59.3 Å². The lowest BCUT2D eigenvalue weighted by Gasteiger charge is -2.25. The van der Waals surface area contributed by atoms with Crippen LogP contribution in [-0.2, 0) is 9.59 Å². The van der Waals surface area contributed by atoms with E-state index in [0.29, 0.717) is 19.5 Å². The van der Waals surface area contributed by atoms with E-state index in [9.17, 15) is 9.59 Å². The third-order valence-corrected chi connectivity index (χ3v) is 3.61. The molecule has 116 valence electrons. The largest absolute Gasteiger partial charge is 0.481 e. The summed E-state index contributed by atoms with van der Waals surface area (Å²) in [5.41, 5.74) is 0. The van der Waals surface area contributed by atoms with E-state index in [1.807, 2.05) is 0 Å². The molecule has 0 saturated heterocycles. The van der Waals surface area contributed by atoms with Crippen LogP contribution in [0.25, 0.3) is 0 Å². The number of hydrogen-bond acceptors (Lipinski definition) is 4. The van der Waals surface area contributed by atoms with Crippen LogP contribution in [0.2, 0.25) is 0 Å². The number of carboxylic acids is 1. The lowest BCUT2D eigenvalue weighted by atomic mass is 9.95. The lowest BCUT2D eigenvalue weighted by Crippen LogP contribution is -2.43. The van der Waals surface area contributed by atoms with Crippen molar-refractivity contribution in [1.29, 1.82) is 0 Å². The molecule has 20 heavy (non-hydrogen) atoms. The van der Waals surface area contributed by atoms with Crippen molar-refractivity contribution < 1.29 is 19.8 Å². The van der Waals surface area contributed by atoms with E-state index >= 15 is 0 Å². The van der Waals surface area contributed by atoms with Crippen molar-refractivity contribution in [2.24, 2.45) is 0 Å². The third kappa shape index (κ3) is 7.45. The zero-order valence-corrected chi connectivity index (χ0v) is 12.0. The fourth-order valence-electron chi connectivity index (χ4n) is 2.54. The Morgan fingerprint density at radius 2 is 1.85 bits per heavy atom. The molecule has 0 spiro atoms.